The Hall–Kier alpha value is -0.670. The molecular formula is C15H21NOS. The van der Waals surface area contributed by atoms with Gasteiger partial charge in [-0.25, -0.2) is 0 Å². The summed E-state index contributed by atoms with van der Waals surface area (Å²) >= 11 is 2.12. The fraction of sp³-hybridized carbons (Fsp3) is 0.600. The second kappa shape index (κ2) is 5.14. The van der Waals surface area contributed by atoms with Crippen LogP contribution in [-0.2, 0) is 0 Å². The minimum Gasteiger partial charge on any atom is -0.493 e. The Morgan fingerprint density at radius 3 is 3.17 bits per heavy atom. The van der Waals surface area contributed by atoms with E-state index in [1.165, 1.54) is 24.2 Å². The van der Waals surface area contributed by atoms with E-state index in [9.17, 15) is 0 Å². The molecule has 3 heteroatoms. The van der Waals surface area contributed by atoms with E-state index in [1.54, 1.807) is 0 Å². The molecule has 0 saturated carbocycles. The number of para-hydroxylation sites is 1. The van der Waals surface area contributed by atoms with E-state index >= 15 is 0 Å². The van der Waals surface area contributed by atoms with Crippen LogP contribution in [-0.4, -0.2) is 23.7 Å². The third kappa shape index (κ3) is 2.52. The third-order valence-corrected chi connectivity index (χ3v) is 5.52. The molecule has 0 aliphatic carbocycles. The van der Waals surface area contributed by atoms with Crippen LogP contribution in [0, 0.1) is 0 Å². The fourth-order valence-electron chi connectivity index (χ4n) is 2.87. The van der Waals surface area contributed by atoms with Crippen LogP contribution in [0.4, 0.5) is 0 Å². The average molecular weight is 263 g/mol. The molecular weight excluding hydrogens is 242 g/mol. The Morgan fingerprint density at radius 2 is 2.33 bits per heavy atom. The molecule has 1 saturated heterocycles. The summed E-state index contributed by atoms with van der Waals surface area (Å²) in [5.74, 6) is 2.38. The van der Waals surface area contributed by atoms with Gasteiger partial charge in [-0.3, -0.25) is 0 Å². The first kappa shape index (κ1) is 12.4. The largest absolute Gasteiger partial charge is 0.493 e. The SMILES string of the molecule is CC1(CNC2CCOc3ccccc32)CCCS1. The van der Waals surface area contributed by atoms with Crippen molar-refractivity contribution < 1.29 is 4.74 Å². The molecule has 2 aliphatic heterocycles. The Bertz CT molecular complexity index is 415. The number of thioether (sulfide) groups is 1. The van der Waals surface area contributed by atoms with Crippen molar-refractivity contribution in [3.05, 3.63) is 29.8 Å². The van der Waals surface area contributed by atoms with Gasteiger partial charge in [0, 0.05) is 29.3 Å². The molecule has 98 valence electrons. The van der Waals surface area contributed by atoms with Crippen molar-refractivity contribution in [2.75, 3.05) is 18.9 Å². The summed E-state index contributed by atoms with van der Waals surface area (Å²) in [5, 5.41) is 3.76. The molecule has 1 aromatic carbocycles. The summed E-state index contributed by atoms with van der Waals surface area (Å²) in [7, 11) is 0. The van der Waals surface area contributed by atoms with Crippen LogP contribution >= 0.6 is 11.8 Å². The molecule has 2 heterocycles. The maximum atomic E-state index is 5.71. The molecule has 0 aromatic heterocycles. The molecule has 2 atom stereocenters. The average Bonchev–Trinajstić information content (AvgIpc) is 2.84. The van der Waals surface area contributed by atoms with Gasteiger partial charge in [-0.05, 0) is 31.6 Å². The molecule has 1 N–H and O–H groups in total. The number of nitrogens with one attached hydrogen (secondary N) is 1. The quantitative estimate of drug-likeness (QED) is 0.903. The Kier molecular flexibility index (Phi) is 3.53. The second-order valence-electron chi connectivity index (χ2n) is 5.51. The first-order valence-corrected chi connectivity index (χ1v) is 7.84. The predicted octanol–water partition coefficient (Wildman–Crippen LogP) is 3.39. The van der Waals surface area contributed by atoms with Crippen LogP contribution in [0.3, 0.4) is 0 Å². The molecule has 0 bridgehead atoms. The minimum atomic E-state index is 0.438. The summed E-state index contributed by atoms with van der Waals surface area (Å²) in [6, 6.07) is 8.89. The first-order valence-electron chi connectivity index (χ1n) is 6.86. The van der Waals surface area contributed by atoms with Crippen molar-refractivity contribution in [2.45, 2.75) is 37.0 Å². The third-order valence-electron chi connectivity index (χ3n) is 3.98. The predicted molar refractivity (Wildman–Crippen MR) is 77.4 cm³/mol. The summed E-state index contributed by atoms with van der Waals surface area (Å²) < 4.78 is 6.14. The van der Waals surface area contributed by atoms with Crippen LogP contribution in [0.15, 0.2) is 24.3 Å². The highest BCUT2D eigenvalue weighted by Crippen LogP contribution is 2.38. The van der Waals surface area contributed by atoms with E-state index in [1.807, 2.05) is 0 Å². The zero-order chi connectivity index (χ0) is 12.4. The minimum absolute atomic E-state index is 0.438. The van der Waals surface area contributed by atoms with Crippen molar-refractivity contribution in [2.24, 2.45) is 0 Å². The lowest BCUT2D eigenvalue weighted by Gasteiger charge is -2.31. The van der Waals surface area contributed by atoms with Crippen molar-refractivity contribution in [3.8, 4) is 5.75 Å². The smallest absolute Gasteiger partial charge is 0.124 e. The summed E-state index contributed by atoms with van der Waals surface area (Å²) in [6.45, 7) is 4.33. The van der Waals surface area contributed by atoms with Gasteiger partial charge in [0.25, 0.3) is 0 Å². The molecule has 0 amide bonds. The molecule has 1 aromatic rings. The summed E-state index contributed by atoms with van der Waals surface area (Å²) in [5.41, 5.74) is 1.33. The maximum Gasteiger partial charge on any atom is 0.124 e. The van der Waals surface area contributed by atoms with Crippen molar-refractivity contribution >= 4 is 11.8 Å². The molecule has 2 unspecified atom stereocenters. The first-order chi connectivity index (χ1) is 8.77. The van der Waals surface area contributed by atoms with Crippen LogP contribution in [0.1, 0.15) is 37.8 Å². The van der Waals surface area contributed by atoms with Crippen molar-refractivity contribution in [3.63, 3.8) is 0 Å². The van der Waals surface area contributed by atoms with E-state index in [0.717, 1.165) is 25.3 Å². The van der Waals surface area contributed by atoms with Crippen LogP contribution < -0.4 is 10.1 Å². The number of ether oxygens (including phenoxy) is 1. The molecule has 0 radical (unpaired) electrons. The molecule has 1 fully saturated rings. The van der Waals surface area contributed by atoms with Crippen molar-refractivity contribution in [1.82, 2.24) is 5.32 Å². The number of rotatable bonds is 3. The maximum absolute atomic E-state index is 5.71. The van der Waals surface area contributed by atoms with E-state index in [2.05, 4.69) is 48.3 Å². The number of benzene rings is 1. The van der Waals surface area contributed by atoms with Gasteiger partial charge < -0.3 is 10.1 Å². The lowest BCUT2D eigenvalue weighted by atomic mass is 9.99. The Balaban J connectivity index is 1.67. The zero-order valence-corrected chi connectivity index (χ0v) is 11.8. The highest BCUT2D eigenvalue weighted by atomic mass is 32.2. The highest BCUT2D eigenvalue weighted by Gasteiger charge is 2.31. The van der Waals surface area contributed by atoms with E-state index in [4.69, 9.17) is 4.74 Å². The molecule has 3 rings (SSSR count). The van der Waals surface area contributed by atoms with Crippen LogP contribution in [0.25, 0.3) is 0 Å². The Morgan fingerprint density at radius 1 is 1.44 bits per heavy atom. The van der Waals surface area contributed by atoms with Gasteiger partial charge >= 0.3 is 0 Å². The Labute approximate surface area is 113 Å². The summed E-state index contributed by atoms with van der Waals surface area (Å²) in [4.78, 5) is 0. The standard InChI is InChI=1S/C15H21NOS/c1-15(8-4-10-18-15)11-16-13-7-9-17-14-6-3-2-5-12(13)14/h2-3,5-6,13,16H,4,7-11H2,1H3. The van der Waals surface area contributed by atoms with Gasteiger partial charge in [-0.15, -0.1) is 0 Å². The molecule has 18 heavy (non-hydrogen) atoms. The van der Waals surface area contributed by atoms with Gasteiger partial charge in [0.05, 0.1) is 6.61 Å². The highest BCUT2D eigenvalue weighted by molar-refractivity contribution is 8.00. The van der Waals surface area contributed by atoms with Crippen LogP contribution in [0.5, 0.6) is 5.75 Å². The van der Waals surface area contributed by atoms with E-state index in [0.29, 0.717) is 10.8 Å². The van der Waals surface area contributed by atoms with Gasteiger partial charge in [0.15, 0.2) is 0 Å². The monoisotopic (exact) mass is 263 g/mol. The second-order valence-corrected chi connectivity index (χ2v) is 7.19. The number of fused-ring (bicyclic) bond motifs is 1. The van der Waals surface area contributed by atoms with E-state index < -0.39 is 0 Å². The number of hydrogen-bond donors (Lipinski definition) is 1. The zero-order valence-electron chi connectivity index (χ0n) is 10.9. The molecule has 2 aliphatic rings. The van der Waals surface area contributed by atoms with Gasteiger partial charge in [0.1, 0.15) is 5.75 Å². The van der Waals surface area contributed by atoms with Crippen molar-refractivity contribution in [1.29, 1.82) is 0 Å². The summed E-state index contributed by atoms with van der Waals surface area (Å²) in [6.07, 6.45) is 3.79. The normalized spacial score (nSPS) is 30.8. The van der Waals surface area contributed by atoms with E-state index in [-0.39, 0.29) is 0 Å². The van der Waals surface area contributed by atoms with Crippen LogP contribution in [0.2, 0.25) is 0 Å². The topological polar surface area (TPSA) is 21.3 Å². The van der Waals surface area contributed by atoms with Gasteiger partial charge in [0.2, 0.25) is 0 Å². The molecule has 0 spiro atoms. The molecule has 2 nitrogen and oxygen atoms in total. The number of hydrogen-bond acceptors (Lipinski definition) is 3. The lowest BCUT2D eigenvalue weighted by molar-refractivity contribution is 0.250. The van der Waals surface area contributed by atoms with Gasteiger partial charge in [-0.1, -0.05) is 18.2 Å². The fourth-order valence-corrected chi connectivity index (χ4v) is 4.13. The van der Waals surface area contributed by atoms with Gasteiger partial charge in [-0.2, -0.15) is 11.8 Å². The lowest BCUT2D eigenvalue weighted by Crippen LogP contribution is -2.37.